The molecule has 0 saturated carbocycles. The standard InChI is InChI=1S/C18H23N3O3/c1-5-12(2)20-18(22)16-10-13(8-9-19-16)21-15-11-14(23-3)6-7-17(15)24-4/h6-12H,5H2,1-4H3,(H,19,21)(H,20,22). The summed E-state index contributed by atoms with van der Waals surface area (Å²) < 4.78 is 10.6. The van der Waals surface area contributed by atoms with Gasteiger partial charge in [-0.1, -0.05) is 6.92 Å². The molecule has 128 valence electrons. The van der Waals surface area contributed by atoms with Crippen molar-refractivity contribution in [3.05, 3.63) is 42.2 Å². The van der Waals surface area contributed by atoms with Crippen LogP contribution in [0.2, 0.25) is 0 Å². The topological polar surface area (TPSA) is 72.5 Å². The van der Waals surface area contributed by atoms with Gasteiger partial charge in [0.1, 0.15) is 17.2 Å². The molecule has 2 rings (SSSR count). The van der Waals surface area contributed by atoms with E-state index >= 15 is 0 Å². The molecule has 0 radical (unpaired) electrons. The number of hydrogen-bond acceptors (Lipinski definition) is 5. The molecule has 1 atom stereocenters. The van der Waals surface area contributed by atoms with Crippen LogP contribution in [0.15, 0.2) is 36.5 Å². The van der Waals surface area contributed by atoms with E-state index in [4.69, 9.17) is 9.47 Å². The van der Waals surface area contributed by atoms with Gasteiger partial charge < -0.3 is 20.1 Å². The van der Waals surface area contributed by atoms with Crippen LogP contribution in [0.5, 0.6) is 11.5 Å². The molecule has 24 heavy (non-hydrogen) atoms. The summed E-state index contributed by atoms with van der Waals surface area (Å²) in [6.07, 6.45) is 2.46. The molecule has 6 nitrogen and oxygen atoms in total. The monoisotopic (exact) mass is 329 g/mol. The summed E-state index contributed by atoms with van der Waals surface area (Å²) in [6, 6.07) is 9.07. The van der Waals surface area contributed by atoms with Crippen molar-refractivity contribution in [1.82, 2.24) is 10.3 Å². The number of benzene rings is 1. The van der Waals surface area contributed by atoms with Crippen molar-refractivity contribution in [2.75, 3.05) is 19.5 Å². The highest BCUT2D eigenvalue weighted by molar-refractivity contribution is 5.93. The normalized spacial score (nSPS) is 11.5. The van der Waals surface area contributed by atoms with Gasteiger partial charge in [-0.25, -0.2) is 0 Å². The van der Waals surface area contributed by atoms with Crippen LogP contribution in [0.25, 0.3) is 0 Å². The van der Waals surface area contributed by atoms with E-state index in [9.17, 15) is 4.79 Å². The molecule has 0 spiro atoms. The predicted molar refractivity (Wildman–Crippen MR) is 94.3 cm³/mol. The summed E-state index contributed by atoms with van der Waals surface area (Å²) in [7, 11) is 3.21. The van der Waals surface area contributed by atoms with Gasteiger partial charge in [0.25, 0.3) is 5.91 Å². The summed E-state index contributed by atoms with van der Waals surface area (Å²) >= 11 is 0. The zero-order valence-corrected chi connectivity index (χ0v) is 14.4. The number of anilines is 2. The first-order chi connectivity index (χ1) is 11.6. The van der Waals surface area contributed by atoms with E-state index in [0.717, 1.165) is 17.8 Å². The van der Waals surface area contributed by atoms with Gasteiger partial charge in [0, 0.05) is 24.0 Å². The fraction of sp³-hybridized carbons (Fsp3) is 0.333. The minimum Gasteiger partial charge on any atom is -0.497 e. The first-order valence-corrected chi connectivity index (χ1v) is 7.83. The van der Waals surface area contributed by atoms with Gasteiger partial charge in [0.2, 0.25) is 0 Å². The highest BCUT2D eigenvalue weighted by Crippen LogP contribution is 2.31. The molecular formula is C18H23N3O3. The number of carbonyl (C=O) groups excluding carboxylic acids is 1. The van der Waals surface area contributed by atoms with Crippen molar-refractivity contribution < 1.29 is 14.3 Å². The van der Waals surface area contributed by atoms with Crippen LogP contribution < -0.4 is 20.1 Å². The molecule has 0 aliphatic heterocycles. The fourth-order valence-corrected chi connectivity index (χ4v) is 2.10. The number of carbonyl (C=O) groups is 1. The number of methoxy groups -OCH3 is 2. The predicted octanol–water partition coefficient (Wildman–Crippen LogP) is 3.37. The molecule has 1 aromatic carbocycles. The lowest BCUT2D eigenvalue weighted by atomic mass is 10.2. The second-order valence-corrected chi connectivity index (χ2v) is 5.40. The molecule has 1 aromatic heterocycles. The second kappa shape index (κ2) is 8.19. The highest BCUT2D eigenvalue weighted by atomic mass is 16.5. The maximum Gasteiger partial charge on any atom is 0.270 e. The van der Waals surface area contributed by atoms with Crippen LogP contribution >= 0.6 is 0 Å². The Hall–Kier alpha value is -2.76. The summed E-state index contributed by atoms with van der Waals surface area (Å²) in [5.74, 6) is 1.20. The zero-order chi connectivity index (χ0) is 17.5. The SMILES string of the molecule is CCC(C)NC(=O)c1cc(Nc2cc(OC)ccc2OC)ccn1. The maximum absolute atomic E-state index is 12.2. The number of ether oxygens (including phenoxy) is 2. The summed E-state index contributed by atoms with van der Waals surface area (Å²) in [4.78, 5) is 16.3. The van der Waals surface area contributed by atoms with E-state index in [1.165, 1.54) is 0 Å². The van der Waals surface area contributed by atoms with Crippen molar-refractivity contribution >= 4 is 17.3 Å². The van der Waals surface area contributed by atoms with Crippen LogP contribution in [0.1, 0.15) is 30.8 Å². The second-order valence-electron chi connectivity index (χ2n) is 5.40. The van der Waals surface area contributed by atoms with Crippen LogP contribution in [-0.4, -0.2) is 31.2 Å². The summed E-state index contributed by atoms with van der Waals surface area (Å²) in [5.41, 5.74) is 1.85. The van der Waals surface area contributed by atoms with Crippen molar-refractivity contribution in [3.63, 3.8) is 0 Å². The highest BCUT2D eigenvalue weighted by Gasteiger charge is 2.11. The summed E-state index contributed by atoms with van der Waals surface area (Å²) in [5, 5.41) is 6.14. The average Bonchev–Trinajstić information content (AvgIpc) is 2.61. The molecule has 1 unspecified atom stereocenters. The molecule has 2 aromatic rings. The molecule has 0 fully saturated rings. The van der Waals surface area contributed by atoms with E-state index in [2.05, 4.69) is 15.6 Å². The molecule has 6 heteroatoms. The number of hydrogen-bond donors (Lipinski definition) is 2. The van der Waals surface area contributed by atoms with Crippen LogP contribution in [0, 0.1) is 0 Å². The summed E-state index contributed by atoms with van der Waals surface area (Å²) in [6.45, 7) is 3.98. The van der Waals surface area contributed by atoms with Crippen LogP contribution in [0.4, 0.5) is 11.4 Å². The molecule has 1 heterocycles. The van der Waals surface area contributed by atoms with Gasteiger partial charge in [-0.15, -0.1) is 0 Å². The lowest BCUT2D eigenvalue weighted by Gasteiger charge is -2.14. The quantitative estimate of drug-likeness (QED) is 0.815. The first kappa shape index (κ1) is 17.6. The Kier molecular flexibility index (Phi) is 6.01. The molecular weight excluding hydrogens is 306 g/mol. The minimum absolute atomic E-state index is 0.106. The van der Waals surface area contributed by atoms with E-state index in [-0.39, 0.29) is 11.9 Å². The Balaban J connectivity index is 2.22. The molecule has 0 aliphatic rings. The van der Waals surface area contributed by atoms with Gasteiger partial charge in [-0.3, -0.25) is 9.78 Å². The third-order valence-corrected chi connectivity index (χ3v) is 3.67. The van der Waals surface area contributed by atoms with Crippen LogP contribution in [-0.2, 0) is 0 Å². The average molecular weight is 329 g/mol. The molecule has 1 amide bonds. The number of aromatic nitrogens is 1. The van der Waals surface area contributed by atoms with Gasteiger partial charge in [-0.05, 0) is 37.6 Å². The lowest BCUT2D eigenvalue weighted by molar-refractivity contribution is 0.0934. The first-order valence-electron chi connectivity index (χ1n) is 7.83. The fourth-order valence-electron chi connectivity index (χ4n) is 2.10. The molecule has 0 aliphatic carbocycles. The van der Waals surface area contributed by atoms with Crippen LogP contribution in [0.3, 0.4) is 0 Å². The van der Waals surface area contributed by atoms with Gasteiger partial charge in [0.05, 0.1) is 19.9 Å². The number of rotatable bonds is 7. The largest absolute Gasteiger partial charge is 0.497 e. The van der Waals surface area contributed by atoms with Crippen molar-refractivity contribution in [2.24, 2.45) is 0 Å². The molecule has 0 bridgehead atoms. The third-order valence-electron chi connectivity index (χ3n) is 3.67. The van der Waals surface area contributed by atoms with Crippen molar-refractivity contribution in [2.45, 2.75) is 26.3 Å². The number of amides is 1. The Morgan fingerprint density at radius 2 is 2.00 bits per heavy atom. The number of nitrogens with one attached hydrogen (secondary N) is 2. The van der Waals surface area contributed by atoms with E-state index in [0.29, 0.717) is 17.2 Å². The Morgan fingerprint density at radius 3 is 2.67 bits per heavy atom. The van der Waals surface area contributed by atoms with Crippen molar-refractivity contribution in [3.8, 4) is 11.5 Å². The van der Waals surface area contributed by atoms with E-state index in [1.807, 2.05) is 32.0 Å². The van der Waals surface area contributed by atoms with Gasteiger partial charge in [0.15, 0.2) is 0 Å². The number of nitrogens with zero attached hydrogens (tertiary/aromatic N) is 1. The minimum atomic E-state index is -0.189. The smallest absolute Gasteiger partial charge is 0.270 e. The van der Waals surface area contributed by atoms with E-state index < -0.39 is 0 Å². The van der Waals surface area contributed by atoms with Gasteiger partial charge >= 0.3 is 0 Å². The molecule has 2 N–H and O–H groups in total. The Bertz CT molecular complexity index is 704. The maximum atomic E-state index is 12.2. The zero-order valence-electron chi connectivity index (χ0n) is 14.4. The Morgan fingerprint density at radius 1 is 1.21 bits per heavy atom. The third kappa shape index (κ3) is 4.38. The Labute approximate surface area is 142 Å². The lowest BCUT2D eigenvalue weighted by Crippen LogP contribution is -2.32. The number of pyridine rings is 1. The van der Waals surface area contributed by atoms with Crippen molar-refractivity contribution in [1.29, 1.82) is 0 Å². The van der Waals surface area contributed by atoms with E-state index in [1.54, 1.807) is 32.5 Å². The molecule has 0 saturated heterocycles. The van der Waals surface area contributed by atoms with Gasteiger partial charge in [-0.2, -0.15) is 0 Å².